The highest BCUT2D eigenvalue weighted by Gasteiger charge is 2.26. The molecule has 0 aliphatic rings. The smallest absolute Gasteiger partial charge is 0.295 e. The fourth-order valence-electron chi connectivity index (χ4n) is 2.52. The van der Waals surface area contributed by atoms with Crippen molar-refractivity contribution in [3.8, 4) is 17.1 Å². The summed E-state index contributed by atoms with van der Waals surface area (Å²) < 4.78 is 65.3. The van der Waals surface area contributed by atoms with Gasteiger partial charge in [-0.05, 0) is 40.7 Å². The Morgan fingerprint density at radius 3 is 1.96 bits per heavy atom. The van der Waals surface area contributed by atoms with Gasteiger partial charge in [-0.1, -0.05) is 0 Å². The van der Waals surface area contributed by atoms with Crippen LogP contribution < -0.4 is 5.73 Å². The maximum Gasteiger partial charge on any atom is 0.295 e. The molecule has 0 spiro atoms. The molecule has 0 amide bonds. The molecule has 0 unspecified atom stereocenters. The third-order valence-electron chi connectivity index (χ3n) is 3.57. The molecule has 5 N–H and O–H groups in total. The van der Waals surface area contributed by atoms with Crippen LogP contribution in [0.5, 0.6) is 5.75 Å². The molecule has 0 saturated heterocycles. The molecule has 28 heavy (non-hydrogen) atoms. The molecule has 0 aliphatic heterocycles. The number of aromatic hydroxyl groups is 1. The van der Waals surface area contributed by atoms with Crippen LogP contribution in [0.1, 0.15) is 0 Å². The summed E-state index contributed by atoms with van der Waals surface area (Å²) in [6.07, 6.45) is 0. The molecule has 0 saturated carbocycles. The van der Waals surface area contributed by atoms with Gasteiger partial charge in [0, 0.05) is 11.5 Å². The number of hydrogen-bond donors (Lipinski definition) is 4. The first-order valence-corrected chi connectivity index (χ1v) is 10.5. The molecule has 3 rings (SSSR count). The van der Waals surface area contributed by atoms with Crippen LogP contribution in [0.15, 0.2) is 28.0 Å². The van der Waals surface area contributed by atoms with E-state index in [-0.39, 0.29) is 10.8 Å². The standard InChI is InChI=1S/C13H8Cl2N4O7S2/c14-12-17-11(18-13(15)19-12)9-7(28(24,25)26)2-4-1-5(27(21,22)23)3-6(20)8(4)10(9)16/h1-3,20H,16H2,(H,21,22,23)(H,24,25,26). The Morgan fingerprint density at radius 1 is 0.893 bits per heavy atom. The first-order valence-electron chi connectivity index (χ1n) is 6.90. The van der Waals surface area contributed by atoms with Crippen molar-refractivity contribution in [2.24, 2.45) is 0 Å². The van der Waals surface area contributed by atoms with Crippen LogP contribution in [0.2, 0.25) is 10.6 Å². The van der Waals surface area contributed by atoms with Gasteiger partial charge in [0.2, 0.25) is 10.6 Å². The monoisotopic (exact) mass is 466 g/mol. The minimum absolute atomic E-state index is 0.192. The molecular weight excluding hydrogens is 459 g/mol. The Hall–Kier alpha value is -2.29. The summed E-state index contributed by atoms with van der Waals surface area (Å²) in [5.74, 6) is -1.12. The molecule has 148 valence electrons. The van der Waals surface area contributed by atoms with E-state index in [0.29, 0.717) is 6.07 Å². The number of benzene rings is 2. The number of nitrogens with two attached hydrogens (primary N) is 1. The Bertz CT molecular complexity index is 1340. The van der Waals surface area contributed by atoms with Gasteiger partial charge in [0.1, 0.15) is 10.6 Å². The lowest BCUT2D eigenvalue weighted by Crippen LogP contribution is -2.07. The minimum Gasteiger partial charge on any atom is -0.507 e. The zero-order valence-corrected chi connectivity index (χ0v) is 16.3. The van der Waals surface area contributed by atoms with E-state index in [2.05, 4.69) is 15.0 Å². The maximum atomic E-state index is 11.9. The summed E-state index contributed by atoms with van der Waals surface area (Å²) in [5, 5.41) is 8.99. The zero-order chi connectivity index (χ0) is 21.0. The Balaban J connectivity index is 2.54. The number of nitrogens with zero attached hydrogens (tertiary/aromatic N) is 3. The molecule has 1 aromatic heterocycles. The van der Waals surface area contributed by atoms with Crippen LogP contribution >= 0.6 is 23.2 Å². The summed E-state index contributed by atoms with van der Waals surface area (Å²) in [7, 11) is -9.67. The lowest BCUT2D eigenvalue weighted by atomic mass is 10.0. The highest BCUT2D eigenvalue weighted by molar-refractivity contribution is 7.86. The van der Waals surface area contributed by atoms with E-state index in [0.717, 1.165) is 12.1 Å². The van der Waals surface area contributed by atoms with E-state index in [1.165, 1.54) is 0 Å². The maximum absolute atomic E-state index is 11.9. The van der Waals surface area contributed by atoms with Gasteiger partial charge in [-0.15, -0.1) is 0 Å². The van der Waals surface area contributed by atoms with Crippen molar-refractivity contribution in [3.63, 3.8) is 0 Å². The van der Waals surface area contributed by atoms with Gasteiger partial charge in [0.05, 0.1) is 16.1 Å². The fraction of sp³-hybridized carbons (Fsp3) is 0. The summed E-state index contributed by atoms with van der Waals surface area (Å²) in [6, 6.07) is 2.38. The molecular formula is C13H8Cl2N4O7S2. The first-order chi connectivity index (χ1) is 12.8. The van der Waals surface area contributed by atoms with Crippen molar-refractivity contribution < 1.29 is 31.0 Å². The van der Waals surface area contributed by atoms with Gasteiger partial charge in [-0.3, -0.25) is 9.11 Å². The van der Waals surface area contributed by atoms with Crippen LogP contribution in [-0.4, -0.2) is 46.0 Å². The van der Waals surface area contributed by atoms with Gasteiger partial charge in [-0.25, -0.2) is 0 Å². The van der Waals surface area contributed by atoms with E-state index in [1.54, 1.807) is 0 Å². The number of nitrogen functional groups attached to an aromatic ring is 1. The van der Waals surface area contributed by atoms with Gasteiger partial charge in [0.25, 0.3) is 20.2 Å². The summed E-state index contributed by atoms with van der Waals surface area (Å²) in [5.41, 5.74) is 5.10. The predicted octanol–water partition coefficient (Wildman–Crippen LogP) is 1.78. The summed E-state index contributed by atoms with van der Waals surface area (Å²) in [4.78, 5) is 9.41. The predicted molar refractivity (Wildman–Crippen MR) is 98.5 cm³/mol. The molecule has 0 aliphatic carbocycles. The molecule has 1 heterocycles. The fourth-order valence-corrected chi connectivity index (χ4v) is 4.16. The van der Waals surface area contributed by atoms with E-state index in [1.807, 2.05) is 0 Å². The highest BCUT2D eigenvalue weighted by atomic mass is 35.5. The molecule has 0 radical (unpaired) electrons. The second-order valence-corrected chi connectivity index (χ2v) is 8.84. The number of anilines is 1. The Kier molecular flexibility index (Phi) is 4.85. The van der Waals surface area contributed by atoms with Crippen molar-refractivity contribution in [2.75, 3.05) is 5.73 Å². The van der Waals surface area contributed by atoms with Gasteiger partial charge < -0.3 is 10.8 Å². The van der Waals surface area contributed by atoms with Crippen molar-refractivity contribution in [1.82, 2.24) is 15.0 Å². The van der Waals surface area contributed by atoms with Crippen LogP contribution in [-0.2, 0) is 20.2 Å². The SMILES string of the molecule is Nc1c(-c2nc(Cl)nc(Cl)n2)c(S(=O)(=O)O)cc2cc(S(=O)(=O)O)cc(O)c12. The number of hydrogen-bond acceptors (Lipinski definition) is 9. The Labute approximate surface area is 167 Å². The van der Waals surface area contributed by atoms with Gasteiger partial charge in [0.15, 0.2) is 5.82 Å². The number of phenolic OH excluding ortho intramolecular Hbond substituents is 1. The molecule has 0 atom stereocenters. The molecule has 0 bridgehead atoms. The second-order valence-electron chi connectivity index (χ2n) is 5.35. The number of aromatic nitrogens is 3. The van der Waals surface area contributed by atoms with E-state index < -0.39 is 63.4 Å². The third kappa shape index (κ3) is 3.67. The van der Waals surface area contributed by atoms with E-state index >= 15 is 0 Å². The van der Waals surface area contributed by atoms with Crippen molar-refractivity contribution in [2.45, 2.75) is 9.79 Å². The van der Waals surface area contributed by atoms with Crippen LogP contribution in [0, 0.1) is 0 Å². The molecule has 2 aromatic carbocycles. The van der Waals surface area contributed by atoms with E-state index in [9.17, 15) is 31.0 Å². The molecule has 15 heteroatoms. The van der Waals surface area contributed by atoms with Crippen molar-refractivity contribution in [1.29, 1.82) is 0 Å². The highest BCUT2D eigenvalue weighted by Crippen LogP contribution is 2.42. The minimum atomic E-state index is -4.94. The average molecular weight is 467 g/mol. The molecule has 3 aromatic rings. The van der Waals surface area contributed by atoms with Crippen molar-refractivity contribution >= 4 is 59.9 Å². The first kappa shape index (κ1) is 20.4. The largest absolute Gasteiger partial charge is 0.507 e. The number of phenols is 1. The zero-order valence-electron chi connectivity index (χ0n) is 13.2. The molecule has 11 nitrogen and oxygen atoms in total. The van der Waals surface area contributed by atoms with Crippen molar-refractivity contribution in [3.05, 3.63) is 28.8 Å². The van der Waals surface area contributed by atoms with Gasteiger partial charge in [-0.2, -0.15) is 31.8 Å². The topological polar surface area (TPSA) is 194 Å². The van der Waals surface area contributed by atoms with Crippen LogP contribution in [0.4, 0.5) is 5.69 Å². The number of rotatable bonds is 3. The average Bonchev–Trinajstić information content (AvgIpc) is 2.51. The van der Waals surface area contributed by atoms with Gasteiger partial charge >= 0.3 is 0 Å². The third-order valence-corrected chi connectivity index (χ3v) is 5.62. The van der Waals surface area contributed by atoms with Crippen LogP contribution in [0.25, 0.3) is 22.2 Å². The molecule has 0 fully saturated rings. The Morgan fingerprint density at radius 2 is 1.46 bits per heavy atom. The normalized spacial score (nSPS) is 12.4. The van der Waals surface area contributed by atoms with Crippen LogP contribution in [0.3, 0.4) is 0 Å². The number of halogens is 2. The number of fused-ring (bicyclic) bond motifs is 1. The summed E-state index contributed by atoms with van der Waals surface area (Å²) >= 11 is 11.4. The lowest BCUT2D eigenvalue weighted by Gasteiger charge is -2.14. The summed E-state index contributed by atoms with van der Waals surface area (Å²) in [6.45, 7) is 0. The lowest BCUT2D eigenvalue weighted by molar-refractivity contribution is 0.471. The second kappa shape index (κ2) is 6.65. The quantitative estimate of drug-likeness (QED) is 0.324. The van der Waals surface area contributed by atoms with E-state index in [4.69, 9.17) is 28.9 Å².